The lowest BCUT2D eigenvalue weighted by Crippen LogP contribution is -2.19. The SMILES string of the molecule is N#Cc1nccnc1NCCOc1ccc2c(c1)CCC(=O)N2. The number of carbonyl (C=O) groups is 1. The second-order valence-electron chi connectivity index (χ2n) is 5.01. The van der Waals surface area contributed by atoms with E-state index in [1.165, 1.54) is 12.4 Å². The first-order valence-corrected chi connectivity index (χ1v) is 7.27. The van der Waals surface area contributed by atoms with Crippen molar-refractivity contribution in [3.8, 4) is 11.8 Å². The normalized spacial score (nSPS) is 12.7. The minimum Gasteiger partial charge on any atom is -0.492 e. The summed E-state index contributed by atoms with van der Waals surface area (Å²) in [6, 6.07) is 7.60. The first-order valence-electron chi connectivity index (χ1n) is 7.27. The lowest BCUT2D eigenvalue weighted by Gasteiger charge is -2.17. The smallest absolute Gasteiger partial charge is 0.224 e. The lowest BCUT2D eigenvalue weighted by molar-refractivity contribution is -0.116. The van der Waals surface area contributed by atoms with Crippen LogP contribution in [-0.4, -0.2) is 29.0 Å². The molecule has 2 N–H and O–H groups in total. The molecule has 0 atom stereocenters. The fourth-order valence-electron chi connectivity index (χ4n) is 2.34. The maximum absolute atomic E-state index is 11.3. The van der Waals surface area contributed by atoms with Crippen molar-refractivity contribution >= 4 is 17.4 Å². The maximum atomic E-state index is 11.3. The zero-order valence-corrected chi connectivity index (χ0v) is 12.4. The molecule has 1 aliphatic rings. The van der Waals surface area contributed by atoms with Crippen LogP contribution >= 0.6 is 0 Å². The van der Waals surface area contributed by atoms with Crippen LogP contribution in [-0.2, 0) is 11.2 Å². The van der Waals surface area contributed by atoms with Crippen molar-refractivity contribution < 1.29 is 9.53 Å². The molecule has 7 nitrogen and oxygen atoms in total. The van der Waals surface area contributed by atoms with Crippen LogP contribution in [0.25, 0.3) is 0 Å². The Balaban J connectivity index is 1.53. The Morgan fingerprint density at radius 2 is 2.17 bits per heavy atom. The average Bonchev–Trinajstić information content (AvgIpc) is 2.59. The molecule has 3 rings (SSSR count). The van der Waals surface area contributed by atoms with Crippen LogP contribution in [0.3, 0.4) is 0 Å². The number of aromatic nitrogens is 2. The number of benzene rings is 1. The highest BCUT2D eigenvalue weighted by molar-refractivity contribution is 5.93. The van der Waals surface area contributed by atoms with Gasteiger partial charge in [0.1, 0.15) is 18.4 Å². The molecular formula is C16H15N5O2. The molecule has 116 valence electrons. The van der Waals surface area contributed by atoms with Gasteiger partial charge >= 0.3 is 0 Å². The zero-order chi connectivity index (χ0) is 16.1. The summed E-state index contributed by atoms with van der Waals surface area (Å²) in [6.07, 6.45) is 4.23. The predicted molar refractivity (Wildman–Crippen MR) is 84.1 cm³/mol. The van der Waals surface area contributed by atoms with Crippen molar-refractivity contribution in [1.82, 2.24) is 9.97 Å². The van der Waals surface area contributed by atoms with E-state index in [1.807, 2.05) is 24.3 Å². The van der Waals surface area contributed by atoms with E-state index in [9.17, 15) is 4.79 Å². The number of amides is 1. The molecule has 0 radical (unpaired) electrons. The standard InChI is InChI=1S/C16H15N5O2/c17-10-14-16(19-6-5-18-14)20-7-8-23-12-2-3-13-11(9-12)1-4-15(22)21-13/h2-3,5-6,9H,1,4,7-8H2,(H,19,20)(H,21,22). The summed E-state index contributed by atoms with van der Waals surface area (Å²) in [7, 11) is 0. The first kappa shape index (κ1) is 14.8. The van der Waals surface area contributed by atoms with Crippen molar-refractivity contribution in [3.05, 3.63) is 41.9 Å². The molecule has 1 aromatic carbocycles. The molecule has 1 aliphatic heterocycles. The van der Waals surface area contributed by atoms with Crippen LogP contribution in [0.1, 0.15) is 17.7 Å². The van der Waals surface area contributed by atoms with Crippen LogP contribution in [0, 0.1) is 11.3 Å². The summed E-state index contributed by atoms with van der Waals surface area (Å²) in [5.74, 6) is 1.25. The quantitative estimate of drug-likeness (QED) is 0.816. The van der Waals surface area contributed by atoms with E-state index >= 15 is 0 Å². The molecule has 1 amide bonds. The molecular weight excluding hydrogens is 294 g/mol. The topological polar surface area (TPSA) is 99.9 Å². The third-order valence-electron chi connectivity index (χ3n) is 3.44. The second kappa shape index (κ2) is 6.75. The Hall–Kier alpha value is -3.14. The molecule has 0 aliphatic carbocycles. The van der Waals surface area contributed by atoms with Gasteiger partial charge in [-0.15, -0.1) is 0 Å². The average molecular weight is 309 g/mol. The summed E-state index contributed by atoms with van der Waals surface area (Å²) in [5.41, 5.74) is 2.19. The largest absolute Gasteiger partial charge is 0.492 e. The Morgan fingerprint density at radius 1 is 1.30 bits per heavy atom. The fraction of sp³-hybridized carbons (Fsp3) is 0.250. The van der Waals surface area contributed by atoms with E-state index in [0.29, 0.717) is 25.4 Å². The first-order chi connectivity index (χ1) is 11.3. The van der Waals surface area contributed by atoms with Crippen molar-refractivity contribution in [3.63, 3.8) is 0 Å². The molecule has 7 heteroatoms. The number of rotatable bonds is 5. The number of nitrogens with zero attached hydrogens (tertiary/aromatic N) is 3. The number of aryl methyl sites for hydroxylation is 1. The van der Waals surface area contributed by atoms with Crippen LogP contribution < -0.4 is 15.4 Å². The van der Waals surface area contributed by atoms with E-state index in [-0.39, 0.29) is 11.6 Å². The Bertz CT molecular complexity index is 769. The van der Waals surface area contributed by atoms with Crippen molar-refractivity contribution in [2.75, 3.05) is 23.8 Å². The number of carbonyl (C=O) groups excluding carboxylic acids is 1. The monoisotopic (exact) mass is 309 g/mol. The van der Waals surface area contributed by atoms with E-state index < -0.39 is 0 Å². The molecule has 0 fully saturated rings. The number of nitriles is 1. The molecule has 0 saturated carbocycles. The van der Waals surface area contributed by atoms with Crippen molar-refractivity contribution in [1.29, 1.82) is 5.26 Å². The molecule has 23 heavy (non-hydrogen) atoms. The van der Waals surface area contributed by atoms with Gasteiger partial charge in [0, 0.05) is 24.5 Å². The molecule has 0 bridgehead atoms. The molecule has 2 heterocycles. The number of nitrogens with one attached hydrogen (secondary N) is 2. The van der Waals surface area contributed by atoms with Crippen LogP contribution in [0.4, 0.5) is 11.5 Å². The molecule has 2 aromatic rings. The van der Waals surface area contributed by atoms with E-state index in [1.54, 1.807) is 0 Å². The maximum Gasteiger partial charge on any atom is 0.224 e. The number of hydrogen-bond donors (Lipinski definition) is 2. The van der Waals surface area contributed by atoms with Gasteiger partial charge < -0.3 is 15.4 Å². The fourth-order valence-corrected chi connectivity index (χ4v) is 2.34. The zero-order valence-electron chi connectivity index (χ0n) is 12.4. The van der Waals surface area contributed by atoms with Gasteiger partial charge in [0.25, 0.3) is 0 Å². The third kappa shape index (κ3) is 3.55. The Kier molecular flexibility index (Phi) is 4.34. The van der Waals surface area contributed by atoms with Gasteiger partial charge in [-0.05, 0) is 30.2 Å². The molecule has 0 spiro atoms. The van der Waals surface area contributed by atoms with Gasteiger partial charge in [-0.25, -0.2) is 9.97 Å². The lowest BCUT2D eigenvalue weighted by atomic mass is 10.0. The number of hydrogen-bond acceptors (Lipinski definition) is 6. The number of fused-ring (bicyclic) bond motifs is 1. The van der Waals surface area contributed by atoms with E-state index in [2.05, 4.69) is 20.6 Å². The minimum atomic E-state index is 0.0487. The van der Waals surface area contributed by atoms with Crippen LogP contribution in [0.15, 0.2) is 30.6 Å². The van der Waals surface area contributed by atoms with E-state index in [4.69, 9.17) is 10.00 Å². The molecule has 0 unspecified atom stereocenters. The summed E-state index contributed by atoms with van der Waals surface area (Å²) >= 11 is 0. The van der Waals surface area contributed by atoms with Gasteiger partial charge in [0.15, 0.2) is 11.5 Å². The molecule has 1 aromatic heterocycles. The van der Waals surface area contributed by atoms with Gasteiger partial charge in [-0.1, -0.05) is 0 Å². The Labute approximate surface area is 133 Å². The highest BCUT2D eigenvalue weighted by Gasteiger charge is 2.14. The predicted octanol–water partition coefficient (Wildman–Crippen LogP) is 1.72. The van der Waals surface area contributed by atoms with Crippen molar-refractivity contribution in [2.45, 2.75) is 12.8 Å². The third-order valence-corrected chi connectivity index (χ3v) is 3.44. The van der Waals surface area contributed by atoms with Gasteiger partial charge in [-0.3, -0.25) is 4.79 Å². The van der Waals surface area contributed by atoms with Gasteiger partial charge in [0.2, 0.25) is 5.91 Å². The number of ether oxygens (including phenoxy) is 1. The highest BCUT2D eigenvalue weighted by atomic mass is 16.5. The van der Waals surface area contributed by atoms with Crippen LogP contribution in [0.2, 0.25) is 0 Å². The van der Waals surface area contributed by atoms with E-state index in [0.717, 1.165) is 23.4 Å². The number of anilines is 2. The summed E-state index contributed by atoms with van der Waals surface area (Å²) in [5, 5.41) is 14.8. The van der Waals surface area contributed by atoms with Crippen molar-refractivity contribution in [2.24, 2.45) is 0 Å². The summed E-state index contributed by atoms with van der Waals surface area (Å²) < 4.78 is 5.69. The minimum absolute atomic E-state index is 0.0487. The summed E-state index contributed by atoms with van der Waals surface area (Å²) in [6.45, 7) is 0.924. The van der Waals surface area contributed by atoms with Gasteiger partial charge in [-0.2, -0.15) is 5.26 Å². The second-order valence-corrected chi connectivity index (χ2v) is 5.01. The summed E-state index contributed by atoms with van der Waals surface area (Å²) in [4.78, 5) is 19.3. The van der Waals surface area contributed by atoms with Gasteiger partial charge in [0.05, 0.1) is 6.54 Å². The molecule has 0 saturated heterocycles. The van der Waals surface area contributed by atoms with Crippen LogP contribution in [0.5, 0.6) is 5.75 Å². The Morgan fingerprint density at radius 3 is 3.04 bits per heavy atom. The highest BCUT2D eigenvalue weighted by Crippen LogP contribution is 2.26.